The summed E-state index contributed by atoms with van der Waals surface area (Å²) in [6.07, 6.45) is 12.7. The molecular weight excluding hydrogens is 402 g/mol. The summed E-state index contributed by atoms with van der Waals surface area (Å²) < 4.78 is 5.00. The first-order valence-electron chi connectivity index (χ1n) is 12.9. The molecule has 2 fully saturated rings. The second-order valence-electron chi connectivity index (χ2n) is 10.5. The maximum absolute atomic E-state index is 5.10. The minimum Gasteiger partial charge on any atom is -0.255 e. The monoisotopic (exact) mass is 434 g/mol. The fraction of sp³-hybridized carbons (Fsp3) is 0.400. The van der Waals surface area contributed by atoms with E-state index in [0.29, 0.717) is 11.8 Å². The number of aryl methyl sites for hydroxylation is 2. The van der Waals surface area contributed by atoms with Gasteiger partial charge in [-0.1, -0.05) is 49.9 Å². The third kappa shape index (κ3) is 2.68. The van der Waals surface area contributed by atoms with Crippen molar-refractivity contribution in [3.63, 3.8) is 0 Å². The Hall–Kier alpha value is -2.94. The first-order chi connectivity index (χ1) is 16.2. The van der Waals surface area contributed by atoms with Gasteiger partial charge in [0.25, 0.3) is 5.65 Å². The van der Waals surface area contributed by atoms with Crippen LogP contribution >= 0.6 is 0 Å². The Kier molecular flexibility index (Phi) is 4.31. The molecule has 0 atom stereocenters. The highest BCUT2D eigenvalue weighted by molar-refractivity contribution is 6.14. The van der Waals surface area contributed by atoms with Crippen molar-refractivity contribution in [3.8, 4) is 0 Å². The van der Waals surface area contributed by atoms with Crippen molar-refractivity contribution in [2.24, 2.45) is 7.05 Å². The highest BCUT2D eigenvalue weighted by Crippen LogP contribution is 2.45. The van der Waals surface area contributed by atoms with Crippen molar-refractivity contribution >= 4 is 38.5 Å². The summed E-state index contributed by atoms with van der Waals surface area (Å²) in [5, 5.41) is 2.74. The molecule has 0 amide bonds. The van der Waals surface area contributed by atoms with Crippen molar-refractivity contribution in [1.82, 2.24) is 9.38 Å². The van der Waals surface area contributed by atoms with Gasteiger partial charge >= 0.3 is 0 Å². The van der Waals surface area contributed by atoms with E-state index in [0.717, 1.165) is 0 Å². The molecule has 2 saturated carbocycles. The summed E-state index contributed by atoms with van der Waals surface area (Å²) in [6.45, 7) is 2.25. The highest BCUT2D eigenvalue weighted by Gasteiger charge is 2.32. The van der Waals surface area contributed by atoms with Crippen LogP contribution in [0.15, 0.2) is 48.7 Å². The topological polar surface area (TPSA) is 21.2 Å². The Morgan fingerprint density at radius 1 is 0.818 bits per heavy atom. The lowest BCUT2D eigenvalue weighted by Gasteiger charge is -2.19. The lowest BCUT2D eigenvalue weighted by Crippen LogP contribution is -2.27. The molecule has 3 nitrogen and oxygen atoms in total. The molecular formula is C30H32N3+. The van der Waals surface area contributed by atoms with Crippen LogP contribution in [0.5, 0.6) is 0 Å². The smallest absolute Gasteiger partial charge is 0.255 e. The Morgan fingerprint density at radius 3 is 2.24 bits per heavy atom. The van der Waals surface area contributed by atoms with Crippen LogP contribution in [0.4, 0.5) is 0 Å². The van der Waals surface area contributed by atoms with E-state index in [9.17, 15) is 0 Å². The minimum absolute atomic E-state index is 0.655. The van der Waals surface area contributed by atoms with Crippen LogP contribution in [0.1, 0.15) is 79.9 Å². The molecule has 2 aliphatic rings. The van der Waals surface area contributed by atoms with Gasteiger partial charge in [0.2, 0.25) is 0 Å². The van der Waals surface area contributed by atoms with Crippen molar-refractivity contribution < 1.29 is 4.57 Å². The van der Waals surface area contributed by atoms with Crippen molar-refractivity contribution in [2.75, 3.05) is 0 Å². The molecule has 2 aliphatic carbocycles. The molecule has 5 aromatic rings. The predicted octanol–water partition coefficient (Wildman–Crippen LogP) is 7.24. The lowest BCUT2D eigenvalue weighted by atomic mass is 9.86. The van der Waals surface area contributed by atoms with E-state index >= 15 is 0 Å². The SMILES string of the molecule is Cc1ccnc2c3c(C4CCCC4)ccc(C4CCCC4)c3n3c4ccccc4[n+](C)c3c12. The summed E-state index contributed by atoms with van der Waals surface area (Å²) in [5.41, 5.74) is 10.9. The fourth-order valence-electron chi connectivity index (χ4n) is 7.11. The molecule has 3 heterocycles. The maximum Gasteiger partial charge on any atom is 0.297 e. The normalized spacial score (nSPS) is 18.0. The van der Waals surface area contributed by atoms with Gasteiger partial charge in [0.05, 0.1) is 23.3 Å². The van der Waals surface area contributed by atoms with Gasteiger partial charge in [-0.25, -0.2) is 4.57 Å². The van der Waals surface area contributed by atoms with Crippen LogP contribution in [0.3, 0.4) is 0 Å². The van der Waals surface area contributed by atoms with Crippen LogP contribution < -0.4 is 4.57 Å². The summed E-state index contributed by atoms with van der Waals surface area (Å²) in [4.78, 5) is 5.10. The number of hydrogen-bond donors (Lipinski definition) is 0. The number of rotatable bonds is 2. The van der Waals surface area contributed by atoms with Crippen molar-refractivity contribution in [3.05, 3.63) is 65.4 Å². The zero-order chi connectivity index (χ0) is 22.1. The Balaban J connectivity index is 1.79. The van der Waals surface area contributed by atoms with E-state index in [1.807, 2.05) is 6.20 Å². The molecule has 0 N–H and O–H groups in total. The van der Waals surface area contributed by atoms with Crippen molar-refractivity contribution in [1.29, 1.82) is 0 Å². The van der Waals surface area contributed by atoms with E-state index in [4.69, 9.17) is 4.98 Å². The largest absolute Gasteiger partial charge is 0.297 e. The van der Waals surface area contributed by atoms with Crippen LogP contribution in [0.2, 0.25) is 0 Å². The zero-order valence-electron chi connectivity index (χ0n) is 19.8. The number of nitrogens with zero attached hydrogens (tertiary/aromatic N) is 3. The number of fused-ring (bicyclic) bond motifs is 8. The summed E-state index contributed by atoms with van der Waals surface area (Å²) in [5.74, 6) is 1.31. The van der Waals surface area contributed by atoms with E-state index in [1.165, 1.54) is 101 Å². The molecule has 3 aromatic heterocycles. The molecule has 166 valence electrons. The number of benzene rings is 2. The van der Waals surface area contributed by atoms with Gasteiger partial charge in [-0.3, -0.25) is 4.98 Å². The van der Waals surface area contributed by atoms with E-state index in [1.54, 1.807) is 5.56 Å². The van der Waals surface area contributed by atoms with Gasteiger partial charge in [-0.05, 0) is 73.8 Å². The van der Waals surface area contributed by atoms with Crippen LogP contribution in [-0.2, 0) is 7.05 Å². The Bertz CT molecular complexity index is 1550. The second-order valence-corrected chi connectivity index (χ2v) is 10.5. The van der Waals surface area contributed by atoms with Gasteiger partial charge in [0, 0.05) is 11.8 Å². The lowest BCUT2D eigenvalue weighted by molar-refractivity contribution is -0.617. The molecule has 2 aromatic carbocycles. The number of imidazole rings is 1. The summed E-state index contributed by atoms with van der Waals surface area (Å²) in [6, 6.07) is 16.1. The van der Waals surface area contributed by atoms with Crippen LogP contribution in [-0.4, -0.2) is 9.38 Å². The highest BCUT2D eigenvalue weighted by atomic mass is 15.1. The average Bonchev–Trinajstić information content (AvgIpc) is 3.61. The molecule has 7 rings (SSSR count). The number of hydrogen-bond acceptors (Lipinski definition) is 1. The molecule has 0 bridgehead atoms. The van der Waals surface area contributed by atoms with Gasteiger partial charge in [-0.15, -0.1) is 0 Å². The Morgan fingerprint density at radius 2 is 1.48 bits per heavy atom. The number of para-hydroxylation sites is 2. The van der Waals surface area contributed by atoms with E-state index in [-0.39, 0.29) is 0 Å². The van der Waals surface area contributed by atoms with Gasteiger partial charge < -0.3 is 0 Å². The molecule has 33 heavy (non-hydrogen) atoms. The molecule has 0 spiro atoms. The van der Waals surface area contributed by atoms with E-state index < -0.39 is 0 Å². The molecule has 0 radical (unpaired) electrons. The standard InChI is InChI=1S/C30H32N3/c1-19-17-18-31-28-26(19)30-32(2)24-13-7-8-14-25(24)33(30)29-23(21-11-5-6-12-21)16-15-22(27(28)29)20-9-3-4-10-20/h7-8,13-18,20-21H,3-6,9-12H2,1-2H3/q+1. The molecule has 0 unspecified atom stereocenters. The molecule has 0 saturated heterocycles. The predicted molar refractivity (Wildman–Crippen MR) is 136 cm³/mol. The first-order valence-corrected chi connectivity index (χ1v) is 12.9. The quantitative estimate of drug-likeness (QED) is 0.212. The van der Waals surface area contributed by atoms with Gasteiger partial charge in [0.1, 0.15) is 5.52 Å². The molecule has 0 aliphatic heterocycles. The third-order valence-corrected chi connectivity index (χ3v) is 8.69. The minimum atomic E-state index is 0.655. The molecule has 3 heteroatoms. The summed E-state index contributed by atoms with van der Waals surface area (Å²) >= 11 is 0. The first kappa shape index (κ1) is 19.5. The Labute approximate surface area is 195 Å². The van der Waals surface area contributed by atoms with Crippen LogP contribution in [0.25, 0.3) is 38.5 Å². The van der Waals surface area contributed by atoms with Gasteiger partial charge in [-0.2, -0.15) is 4.40 Å². The van der Waals surface area contributed by atoms with E-state index in [2.05, 4.69) is 65.4 Å². The maximum atomic E-state index is 5.10. The third-order valence-electron chi connectivity index (χ3n) is 8.69. The van der Waals surface area contributed by atoms with Gasteiger partial charge in [0.15, 0.2) is 11.0 Å². The average molecular weight is 435 g/mol. The number of pyridine rings is 2. The zero-order valence-corrected chi connectivity index (χ0v) is 19.8. The van der Waals surface area contributed by atoms with Crippen LogP contribution in [0, 0.1) is 6.92 Å². The summed E-state index contributed by atoms with van der Waals surface area (Å²) in [7, 11) is 2.23. The number of aromatic nitrogens is 3. The van der Waals surface area contributed by atoms with Crippen molar-refractivity contribution in [2.45, 2.75) is 70.1 Å². The fourth-order valence-corrected chi connectivity index (χ4v) is 7.11. The second kappa shape index (κ2) is 7.28.